The standard InChI is InChI=1S/C16H21N3O2/c20-16(17-8-3-4-12-7-9-21-11-12)10-15-18-13-5-1-2-6-14(13)19-15/h1-2,5-6,12H,3-4,7-11H2,(H,17,20)(H,18,19)/t12-/m1/s1. The van der Waals surface area contributed by atoms with Crippen molar-refractivity contribution in [2.75, 3.05) is 19.8 Å². The molecule has 1 saturated heterocycles. The normalized spacial score (nSPS) is 18.2. The van der Waals surface area contributed by atoms with Gasteiger partial charge in [0, 0.05) is 19.8 Å². The average Bonchev–Trinajstić information content (AvgIpc) is 3.12. The van der Waals surface area contributed by atoms with Crippen LogP contribution in [0.25, 0.3) is 11.0 Å². The summed E-state index contributed by atoms with van der Waals surface area (Å²) in [5.74, 6) is 1.42. The van der Waals surface area contributed by atoms with Gasteiger partial charge in [0.25, 0.3) is 0 Å². The molecule has 112 valence electrons. The monoisotopic (exact) mass is 287 g/mol. The van der Waals surface area contributed by atoms with Crippen molar-refractivity contribution in [3.8, 4) is 0 Å². The molecule has 1 atom stereocenters. The molecule has 3 rings (SSSR count). The van der Waals surface area contributed by atoms with Crippen LogP contribution < -0.4 is 5.32 Å². The van der Waals surface area contributed by atoms with Gasteiger partial charge in [-0.1, -0.05) is 12.1 Å². The van der Waals surface area contributed by atoms with E-state index in [1.165, 1.54) is 0 Å². The van der Waals surface area contributed by atoms with Crippen molar-refractivity contribution in [2.24, 2.45) is 5.92 Å². The van der Waals surface area contributed by atoms with E-state index in [0.29, 0.717) is 12.3 Å². The molecule has 5 heteroatoms. The van der Waals surface area contributed by atoms with Crippen LogP contribution in [-0.2, 0) is 16.0 Å². The van der Waals surface area contributed by atoms with E-state index in [1.807, 2.05) is 24.3 Å². The van der Waals surface area contributed by atoms with Crippen LogP contribution in [0.15, 0.2) is 24.3 Å². The first kappa shape index (κ1) is 14.1. The molecule has 0 bridgehead atoms. The third-order valence-corrected chi connectivity index (χ3v) is 3.90. The Morgan fingerprint density at radius 1 is 1.43 bits per heavy atom. The Kier molecular flexibility index (Phi) is 4.50. The van der Waals surface area contributed by atoms with Crippen LogP contribution in [0.5, 0.6) is 0 Å². The number of carbonyl (C=O) groups is 1. The van der Waals surface area contributed by atoms with Gasteiger partial charge in [-0.3, -0.25) is 4.79 Å². The van der Waals surface area contributed by atoms with E-state index in [2.05, 4.69) is 15.3 Å². The lowest BCUT2D eigenvalue weighted by atomic mass is 10.0. The fourth-order valence-corrected chi connectivity index (χ4v) is 2.73. The van der Waals surface area contributed by atoms with Crippen LogP contribution in [-0.4, -0.2) is 35.6 Å². The number of amides is 1. The van der Waals surface area contributed by atoms with Crippen molar-refractivity contribution in [1.82, 2.24) is 15.3 Å². The third kappa shape index (κ3) is 3.82. The zero-order valence-electron chi connectivity index (χ0n) is 12.1. The van der Waals surface area contributed by atoms with Gasteiger partial charge in [-0.15, -0.1) is 0 Å². The number of carbonyl (C=O) groups excluding carboxylic acids is 1. The SMILES string of the molecule is O=C(Cc1nc2ccccc2[nH]1)NCCC[C@@H]1CCOC1. The van der Waals surface area contributed by atoms with Gasteiger partial charge in [0.1, 0.15) is 5.82 Å². The minimum absolute atomic E-state index is 0.0247. The van der Waals surface area contributed by atoms with E-state index in [4.69, 9.17) is 4.74 Å². The molecular formula is C16H21N3O2. The molecule has 1 fully saturated rings. The molecule has 0 radical (unpaired) electrons. The largest absolute Gasteiger partial charge is 0.381 e. The molecule has 2 aromatic rings. The number of aromatic amines is 1. The summed E-state index contributed by atoms with van der Waals surface area (Å²) in [7, 11) is 0. The summed E-state index contributed by atoms with van der Waals surface area (Å²) in [6.07, 6.45) is 3.61. The average molecular weight is 287 g/mol. The zero-order valence-corrected chi connectivity index (χ0v) is 12.1. The molecule has 1 aromatic heterocycles. The van der Waals surface area contributed by atoms with Crippen molar-refractivity contribution in [1.29, 1.82) is 0 Å². The van der Waals surface area contributed by atoms with E-state index < -0.39 is 0 Å². The molecule has 1 aliphatic heterocycles. The van der Waals surface area contributed by atoms with Crippen LogP contribution in [0.3, 0.4) is 0 Å². The van der Waals surface area contributed by atoms with Gasteiger partial charge in [0.05, 0.1) is 17.5 Å². The topological polar surface area (TPSA) is 67.0 Å². The number of hydrogen-bond donors (Lipinski definition) is 2. The highest BCUT2D eigenvalue weighted by molar-refractivity contribution is 5.80. The number of benzene rings is 1. The van der Waals surface area contributed by atoms with Gasteiger partial charge in [-0.2, -0.15) is 0 Å². The molecule has 2 heterocycles. The smallest absolute Gasteiger partial charge is 0.227 e. The second-order valence-electron chi connectivity index (χ2n) is 5.60. The molecule has 1 aromatic carbocycles. The van der Waals surface area contributed by atoms with Crippen molar-refractivity contribution in [2.45, 2.75) is 25.7 Å². The second-order valence-corrected chi connectivity index (χ2v) is 5.60. The summed E-state index contributed by atoms with van der Waals surface area (Å²) in [6.45, 7) is 2.51. The fraction of sp³-hybridized carbons (Fsp3) is 0.500. The van der Waals surface area contributed by atoms with Crippen LogP contribution in [0.4, 0.5) is 0 Å². The minimum Gasteiger partial charge on any atom is -0.381 e. The first-order chi connectivity index (χ1) is 10.3. The zero-order chi connectivity index (χ0) is 14.5. The minimum atomic E-state index is 0.0247. The lowest BCUT2D eigenvalue weighted by Gasteiger charge is -2.07. The van der Waals surface area contributed by atoms with Crippen LogP contribution >= 0.6 is 0 Å². The summed E-state index contributed by atoms with van der Waals surface area (Å²) in [5.41, 5.74) is 1.88. The quantitative estimate of drug-likeness (QED) is 0.799. The number of rotatable bonds is 6. The summed E-state index contributed by atoms with van der Waals surface area (Å²) in [5, 5.41) is 2.96. The molecule has 1 aliphatic rings. The van der Waals surface area contributed by atoms with E-state index >= 15 is 0 Å². The Labute approximate surface area is 124 Å². The van der Waals surface area contributed by atoms with E-state index in [9.17, 15) is 4.79 Å². The highest BCUT2D eigenvalue weighted by atomic mass is 16.5. The first-order valence-electron chi connectivity index (χ1n) is 7.59. The number of H-pyrrole nitrogens is 1. The van der Waals surface area contributed by atoms with Crippen LogP contribution in [0.1, 0.15) is 25.1 Å². The Bertz CT molecular complexity index is 569. The fourth-order valence-electron chi connectivity index (χ4n) is 2.73. The highest BCUT2D eigenvalue weighted by Crippen LogP contribution is 2.17. The Hall–Kier alpha value is -1.88. The third-order valence-electron chi connectivity index (χ3n) is 3.90. The molecular weight excluding hydrogens is 266 g/mol. The van der Waals surface area contributed by atoms with Crippen molar-refractivity contribution < 1.29 is 9.53 Å². The Morgan fingerprint density at radius 3 is 3.14 bits per heavy atom. The maximum atomic E-state index is 11.9. The van der Waals surface area contributed by atoms with E-state index in [1.54, 1.807) is 0 Å². The number of ether oxygens (including phenoxy) is 1. The lowest BCUT2D eigenvalue weighted by Crippen LogP contribution is -2.26. The maximum Gasteiger partial charge on any atom is 0.227 e. The highest BCUT2D eigenvalue weighted by Gasteiger charge is 2.15. The molecule has 21 heavy (non-hydrogen) atoms. The molecule has 0 aliphatic carbocycles. The van der Waals surface area contributed by atoms with E-state index in [-0.39, 0.29) is 5.91 Å². The van der Waals surface area contributed by atoms with Gasteiger partial charge in [0.2, 0.25) is 5.91 Å². The summed E-state index contributed by atoms with van der Waals surface area (Å²) in [4.78, 5) is 19.5. The van der Waals surface area contributed by atoms with Gasteiger partial charge >= 0.3 is 0 Å². The van der Waals surface area contributed by atoms with E-state index in [0.717, 1.165) is 55.9 Å². The molecule has 2 N–H and O–H groups in total. The number of hydrogen-bond acceptors (Lipinski definition) is 3. The van der Waals surface area contributed by atoms with Gasteiger partial charge in [0.15, 0.2) is 0 Å². The molecule has 0 spiro atoms. The molecule has 5 nitrogen and oxygen atoms in total. The number of nitrogens with zero attached hydrogens (tertiary/aromatic N) is 1. The first-order valence-corrected chi connectivity index (χ1v) is 7.59. The van der Waals surface area contributed by atoms with Crippen LogP contribution in [0, 0.1) is 5.92 Å². The predicted octanol–water partition coefficient (Wildman–Crippen LogP) is 2.04. The van der Waals surface area contributed by atoms with Crippen molar-refractivity contribution in [3.63, 3.8) is 0 Å². The summed E-state index contributed by atoms with van der Waals surface area (Å²) < 4.78 is 5.34. The Morgan fingerprint density at radius 2 is 2.33 bits per heavy atom. The van der Waals surface area contributed by atoms with Gasteiger partial charge in [-0.05, 0) is 37.3 Å². The number of aromatic nitrogens is 2. The molecule has 0 saturated carbocycles. The summed E-state index contributed by atoms with van der Waals surface area (Å²) >= 11 is 0. The number of fused-ring (bicyclic) bond motifs is 1. The van der Waals surface area contributed by atoms with Crippen LogP contribution in [0.2, 0.25) is 0 Å². The molecule has 0 unspecified atom stereocenters. The van der Waals surface area contributed by atoms with Crippen molar-refractivity contribution >= 4 is 16.9 Å². The van der Waals surface area contributed by atoms with Gasteiger partial charge in [-0.25, -0.2) is 4.98 Å². The maximum absolute atomic E-state index is 11.9. The van der Waals surface area contributed by atoms with Gasteiger partial charge < -0.3 is 15.0 Å². The number of nitrogens with one attached hydrogen (secondary N) is 2. The second kappa shape index (κ2) is 6.72. The molecule has 1 amide bonds. The lowest BCUT2D eigenvalue weighted by molar-refractivity contribution is -0.120. The predicted molar refractivity (Wildman–Crippen MR) is 81.0 cm³/mol. The summed E-state index contributed by atoms with van der Waals surface area (Å²) in [6, 6.07) is 7.81. The number of para-hydroxylation sites is 2. The van der Waals surface area contributed by atoms with Crippen molar-refractivity contribution in [3.05, 3.63) is 30.1 Å². The Balaban J connectivity index is 1.41. The number of imidazole rings is 1.